The molecule has 22 heavy (non-hydrogen) atoms. The molecule has 2 atom stereocenters. The molecule has 2 fully saturated rings. The van der Waals surface area contributed by atoms with Crippen LogP contribution in [0.5, 0.6) is 0 Å². The van der Waals surface area contributed by atoms with E-state index >= 15 is 0 Å². The number of nitrogens with two attached hydrogens (primary N) is 1. The minimum Gasteiger partial charge on any atom is -0.397 e. The fourth-order valence-electron chi connectivity index (χ4n) is 3.45. The standard InChI is InChI=1S/C14H20N2O5S/c1-13(11-3-2-10(15)9-16-11)4-5-14(20-6-7-21-14)8-12(13)22(17,18)19/h2-3,9,12H,4-8,15H2,1H3,(H,17,18,19). The minimum absolute atomic E-state index is 0.0917. The molecule has 1 aliphatic carbocycles. The molecule has 1 saturated heterocycles. The highest BCUT2D eigenvalue weighted by Crippen LogP contribution is 2.48. The maximum Gasteiger partial charge on any atom is 0.268 e. The predicted octanol–water partition coefficient (Wildman–Crippen LogP) is 1.10. The van der Waals surface area contributed by atoms with Crippen LogP contribution in [0.2, 0.25) is 0 Å². The lowest BCUT2D eigenvalue weighted by Crippen LogP contribution is -2.53. The zero-order chi connectivity index (χ0) is 16.0. The number of hydrogen-bond acceptors (Lipinski definition) is 6. The Bertz CT molecular complexity index is 654. The van der Waals surface area contributed by atoms with E-state index in [1.165, 1.54) is 6.20 Å². The highest BCUT2D eigenvalue weighted by molar-refractivity contribution is 7.86. The molecule has 0 bridgehead atoms. The normalized spacial score (nSPS) is 31.5. The van der Waals surface area contributed by atoms with Gasteiger partial charge in [0.25, 0.3) is 10.1 Å². The molecular formula is C14H20N2O5S. The number of anilines is 1. The molecule has 0 aromatic carbocycles. The lowest BCUT2D eigenvalue weighted by molar-refractivity contribution is -0.183. The molecule has 2 heterocycles. The van der Waals surface area contributed by atoms with E-state index < -0.39 is 26.6 Å². The number of hydrogen-bond donors (Lipinski definition) is 2. The van der Waals surface area contributed by atoms with E-state index in [-0.39, 0.29) is 6.42 Å². The molecule has 2 unspecified atom stereocenters. The third-order valence-electron chi connectivity index (χ3n) is 4.78. The first kappa shape index (κ1) is 15.7. The largest absolute Gasteiger partial charge is 0.397 e. The summed E-state index contributed by atoms with van der Waals surface area (Å²) in [6.07, 6.45) is 2.62. The van der Waals surface area contributed by atoms with Gasteiger partial charge in [0.2, 0.25) is 0 Å². The van der Waals surface area contributed by atoms with Gasteiger partial charge in [-0.1, -0.05) is 6.92 Å². The molecule has 1 aromatic rings. The van der Waals surface area contributed by atoms with Crippen LogP contribution in [0.25, 0.3) is 0 Å². The van der Waals surface area contributed by atoms with Gasteiger partial charge in [0.05, 0.1) is 25.1 Å². The zero-order valence-electron chi connectivity index (χ0n) is 12.4. The second kappa shape index (κ2) is 5.16. The fourth-order valence-corrected chi connectivity index (χ4v) is 4.81. The van der Waals surface area contributed by atoms with E-state index in [0.29, 0.717) is 37.4 Å². The Hall–Kier alpha value is -1.22. The summed E-state index contributed by atoms with van der Waals surface area (Å²) in [6.45, 7) is 2.68. The summed E-state index contributed by atoms with van der Waals surface area (Å²) < 4.78 is 44.9. The second-order valence-corrected chi connectivity index (χ2v) is 7.81. The summed E-state index contributed by atoms with van der Waals surface area (Å²) >= 11 is 0. The van der Waals surface area contributed by atoms with Crippen molar-refractivity contribution in [3.63, 3.8) is 0 Å². The average Bonchev–Trinajstić information content (AvgIpc) is 2.90. The molecule has 3 rings (SSSR count). The van der Waals surface area contributed by atoms with Crippen LogP contribution in [-0.4, -0.2) is 42.2 Å². The Balaban J connectivity index is 2.00. The molecule has 0 amide bonds. The molecule has 2 aliphatic rings. The summed E-state index contributed by atoms with van der Waals surface area (Å²) in [5.41, 5.74) is 5.93. The zero-order valence-corrected chi connectivity index (χ0v) is 13.2. The van der Waals surface area contributed by atoms with Crippen LogP contribution in [0, 0.1) is 0 Å². The first-order valence-electron chi connectivity index (χ1n) is 7.21. The van der Waals surface area contributed by atoms with Gasteiger partial charge >= 0.3 is 0 Å². The van der Waals surface area contributed by atoms with Gasteiger partial charge in [-0.05, 0) is 18.6 Å². The minimum atomic E-state index is -4.29. The van der Waals surface area contributed by atoms with Crippen LogP contribution >= 0.6 is 0 Å². The summed E-state index contributed by atoms with van der Waals surface area (Å²) in [4.78, 5) is 4.27. The Morgan fingerprint density at radius 1 is 1.32 bits per heavy atom. The molecule has 122 valence electrons. The molecular weight excluding hydrogens is 308 g/mol. The van der Waals surface area contributed by atoms with Crippen molar-refractivity contribution < 1.29 is 22.4 Å². The molecule has 3 N–H and O–H groups in total. The first-order chi connectivity index (χ1) is 10.3. The highest BCUT2D eigenvalue weighted by Gasteiger charge is 2.55. The van der Waals surface area contributed by atoms with Crippen molar-refractivity contribution in [1.29, 1.82) is 0 Å². The smallest absolute Gasteiger partial charge is 0.268 e. The Morgan fingerprint density at radius 2 is 2.00 bits per heavy atom. The third kappa shape index (κ3) is 2.60. The molecule has 1 aromatic heterocycles. The number of aromatic nitrogens is 1. The van der Waals surface area contributed by atoms with Crippen molar-refractivity contribution in [3.8, 4) is 0 Å². The van der Waals surface area contributed by atoms with Crippen molar-refractivity contribution in [2.24, 2.45) is 0 Å². The fraction of sp³-hybridized carbons (Fsp3) is 0.643. The van der Waals surface area contributed by atoms with Crippen LogP contribution in [0.4, 0.5) is 5.69 Å². The van der Waals surface area contributed by atoms with Crippen LogP contribution in [-0.2, 0) is 25.0 Å². The average molecular weight is 328 g/mol. The van der Waals surface area contributed by atoms with Gasteiger partial charge in [-0.3, -0.25) is 9.54 Å². The van der Waals surface area contributed by atoms with Gasteiger partial charge < -0.3 is 15.2 Å². The summed E-state index contributed by atoms with van der Waals surface area (Å²) in [7, 11) is -4.29. The predicted molar refractivity (Wildman–Crippen MR) is 79.8 cm³/mol. The van der Waals surface area contributed by atoms with E-state index in [2.05, 4.69) is 4.98 Å². The van der Waals surface area contributed by atoms with Gasteiger partial charge in [-0.15, -0.1) is 0 Å². The number of pyridine rings is 1. The van der Waals surface area contributed by atoms with Crippen molar-refractivity contribution in [2.75, 3.05) is 18.9 Å². The van der Waals surface area contributed by atoms with E-state index in [1.807, 2.05) is 0 Å². The molecule has 7 nitrogen and oxygen atoms in total. The number of rotatable bonds is 2. The topological polar surface area (TPSA) is 112 Å². The van der Waals surface area contributed by atoms with Crippen LogP contribution in [0.15, 0.2) is 18.3 Å². The highest BCUT2D eigenvalue weighted by atomic mass is 32.2. The van der Waals surface area contributed by atoms with Crippen LogP contribution in [0.3, 0.4) is 0 Å². The quantitative estimate of drug-likeness (QED) is 0.782. The number of ether oxygens (including phenoxy) is 2. The summed E-state index contributed by atoms with van der Waals surface area (Å²) in [6, 6.07) is 3.39. The van der Waals surface area contributed by atoms with E-state index in [4.69, 9.17) is 15.2 Å². The lowest BCUT2D eigenvalue weighted by Gasteiger charge is -2.45. The van der Waals surface area contributed by atoms with Crippen molar-refractivity contribution in [1.82, 2.24) is 4.98 Å². The van der Waals surface area contributed by atoms with Crippen LogP contribution < -0.4 is 5.73 Å². The monoisotopic (exact) mass is 328 g/mol. The first-order valence-corrected chi connectivity index (χ1v) is 8.72. The van der Waals surface area contributed by atoms with Crippen LogP contribution in [0.1, 0.15) is 31.9 Å². The van der Waals surface area contributed by atoms with Gasteiger partial charge in [-0.2, -0.15) is 8.42 Å². The summed E-state index contributed by atoms with van der Waals surface area (Å²) in [5.74, 6) is -0.909. The lowest BCUT2D eigenvalue weighted by atomic mass is 9.70. The molecule has 1 spiro atoms. The number of nitrogens with zero attached hydrogens (tertiary/aromatic N) is 1. The molecule has 1 aliphatic heterocycles. The SMILES string of the molecule is CC1(c2ccc(N)cn2)CCC2(CC1S(=O)(=O)O)OCCO2. The number of nitrogen functional groups attached to an aromatic ring is 1. The maximum absolute atomic E-state index is 12.0. The second-order valence-electron chi connectivity index (χ2n) is 6.21. The Labute approximate surface area is 129 Å². The molecule has 0 radical (unpaired) electrons. The van der Waals surface area contributed by atoms with Crippen molar-refractivity contribution in [2.45, 2.75) is 42.6 Å². The van der Waals surface area contributed by atoms with E-state index in [1.54, 1.807) is 19.1 Å². The molecule has 1 saturated carbocycles. The van der Waals surface area contributed by atoms with E-state index in [0.717, 1.165) is 0 Å². The molecule has 8 heteroatoms. The van der Waals surface area contributed by atoms with Gasteiger partial charge in [0.1, 0.15) is 5.25 Å². The van der Waals surface area contributed by atoms with Gasteiger partial charge in [0, 0.05) is 24.0 Å². The van der Waals surface area contributed by atoms with E-state index in [9.17, 15) is 13.0 Å². The van der Waals surface area contributed by atoms with Crippen molar-refractivity contribution in [3.05, 3.63) is 24.0 Å². The van der Waals surface area contributed by atoms with Crippen molar-refractivity contribution >= 4 is 15.8 Å². The third-order valence-corrected chi connectivity index (χ3v) is 6.18. The van der Waals surface area contributed by atoms with Gasteiger partial charge in [-0.25, -0.2) is 0 Å². The Morgan fingerprint density at radius 3 is 2.55 bits per heavy atom. The van der Waals surface area contributed by atoms with Gasteiger partial charge in [0.15, 0.2) is 5.79 Å². The maximum atomic E-state index is 12.0. The Kier molecular flexibility index (Phi) is 3.67. The summed E-state index contributed by atoms with van der Waals surface area (Å²) in [5, 5.41) is -1.04.